The van der Waals surface area contributed by atoms with Crippen molar-refractivity contribution in [2.24, 2.45) is 0 Å². The van der Waals surface area contributed by atoms with Crippen molar-refractivity contribution in [2.75, 3.05) is 0 Å². The fraction of sp³-hybridized carbons (Fsp3) is 0.133. The van der Waals surface area contributed by atoms with Crippen LogP contribution in [0.25, 0.3) is 11.3 Å². The molecular formula is C15H11N5O3. The number of nitrogens with one attached hydrogen (secondary N) is 1. The summed E-state index contributed by atoms with van der Waals surface area (Å²) in [6, 6.07) is 8.55. The van der Waals surface area contributed by atoms with E-state index in [1.807, 2.05) is 6.07 Å². The van der Waals surface area contributed by atoms with Crippen LogP contribution in [-0.4, -0.2) is 26.5 Å². The van der Waals surface area contributed by atoms with Crippen LogP contribution < -0.4 is 4.74 Å². The summed E-state index contributed by atoms with van der Waals surface area (Å²) in [5, 5.41) is 22.7. The van der Waals surface area contributed by atoms with E-state index in [1.165, 1.54) is 0 Å². The number of rotatable bonds is 3. The van der Waals surface area contributed by atoms with Crippen LogP contribution in [0.2, 0.25) is 0 Å². The first-order valence-corrected chi connectivity index (χ1v) is 6.66. The summed E-state index contributed by atoms with van der Waals surface area (Å²) < 4.78 is 10.2. The fourth-order valence-electron chi connectivity index (χ4n) is 2.12. The van der Waals surface area contributed by atoms with Crippen LogP contribution in [0.3, 0.4) is 0 Å². The van der Waals surface area contributed by atoms with Crippen molar-refractivity contribution in [3.63, 3.8) is 0 Å². The molecule has 3 rings (SSSR count). The number of hydrogen-bond donors (Lipinski definition) is 1. The van der Waals surface area contributed by atoms with E-state index >= 15 is 0 Å². The Kier molecular flexibility index (Phi) is 3.60. The third kappa shape index (κ3) is 2.67. The van der Waals surface area contributed by atoms with Gasteiger partial charge in [0.2, 0.25) is 0 Å². The molecule has 114 valence electrons. The molecule has 1 aromatic carbocycles. The molecule has 0 spiro atoms. The van der Waals surface area contributed by atoms with Gasteiger partial charge in [-0.1, -0.05) is 5.16 Å². The van der Waals surface area contributed by atoms with Gasteiger partial charge >= 0.3 is 5.97 Å². The minimum atomic E-state index is -0.534. The number of esters is 1. The lowest BCUT2D eigenvalue weighted by Crippen LogP contribution is -2.10. The molecule has 2 heterocycles. The van der Waals surface area contributed by atoms with Gasteiger partial charge in [-0.15, -0.1) is 5.10 Å². The minimum Gasteiger partial charge on any atom is -0.423 e. The summed E-state index contributed by atoms with van der Waals surface area (Å²) in [7, 11) is 0. The Morgan fingerprint density at radius 1 is 1.26 bits per heavy atom. The van der Waals surface area contributed by atoms with E-state index < -0.39 is 5.97 Å². The average Bonchev–Trinajstić information content (AvgIpc) is 3.14. The molecule has 3 aromatic rings. The zero-order valence-electron chi connectivity index (χ0n) is 12.3. The van der Waals surface area contributed by atoms with Crippen molar-refractivity contribution in [3.05, 3.63) is 47.0 Å². The number of carbonyl (C=O) groups is 1. The Hall–Kier alpha value is -3.47. The summed E-state index contributed by atoms with van der Waals surface area (Å²) >= 11 is 0. The Morgan fingerprint density at radius 3 is 2.61 bits per heavy atom. The second-order valence-corrected chi connectivity index (χ2v) is 4.75. The van der Waals surface area contributed by atoms with Crippen LogP contribution in [0.15, 0.2) is 28.8 Å². The van der Waals surface area contributed by atoms with Crippen LogP contribution in [0.4, 0.5) is 0 Å². The number of benzene rings is 1. The number of H-pyrrole nitrogens is 1. The largest absolute Gasteiger partial charge is 0.423 e. The maximum absolute atomic E-state index is 12.1. The number of nitrogens with zero attached hydrogens (tertiary/aromatic N) is 4. The van der Waals surface area contributed by atoms with Crippen LogP contribution >= 0.6 is 0 Å². The third-order valence-electron chi connectivity index (χ3n) is 3.23. The maximum Gasteiger partial charge on any atom is 0.349 e. The molecule has 8 heteroatoms. The molecule has 0 saturated heterocycles. The molecule has 23 heavy (non-hydrogen) atoms. The van der Waals surface area contributed by atoms with Gasteiger partial charge in [0, 0.05) is 5.56 Å². The maximum atomic E-state index is 12.1. The molecular weight excluding hydrogens is 298 g/mol. The van der Waals surface area contributed by atoms with E-state index in [9.17, 15) is 4.79 Å². The van der Waals surface area contributed by atoms with Crippen LogP contribution in [-0.2, 0) is 0 Å². The Labute approximate surface area is 130 Å². The minimum absolute atomic E-state index is 0.200. The van der Waals surface area contributed by atoms with Gasteiger partial charge in [0.1, 0.15) is 28.8 Å². The van der Waals surface area contributed by atoms with Crippen molar-refractivity contribution >= 4 is 5.97 Å². The lowest BCUT2D eigenvalue weighted by atomic mass is 10.1. The van der Waals surface area contributed by atoms with Crippen molar-refractivity contribution in [3.8, 4) is 23.1 Å². The lowest BCUT2D eigenvalue weighted by Gasteiger charge is -2.04. The normalized spacial score (nSPS) is 10.3. The first kappa shape index (κ1) is 14.5. The van der Waals surface area contributed by atoms with Crippen LogP contribution in [0.1, 0.15) is 27.5 Å². The van der Waals surface area contributed by atoms with Gasteiger partial charge in [-0.25, -0.2) is 4.79 Å². The summed E-state index contributed by atoms with van der Waals surface area (Å²) in [6.07, 6.45) is 0. The topological polar surface area (TPSA) is 118 Å². The lowest BCUT2D eigenvalue weighted by molar-refractivity contribution is 0.0732. The second kappa shape index (κ2) is 5.73. The molecule has 0 unspecified atom stereocenters. The van der Waals surface area contributed by atoms with Crippen LogP contribution in [0, 0.1) is 25.2 Å². The monoisotopic (exact) mass is 309 g/mol. The molecule has 0 saturated carbocycles. The first-order valence-electron chi connectivity index (χ1n) is 6.66. The van der Waals surface area contributed by atoms with Crippen molar-refractivity contribution in [1.29, 1.82) is 5.26 Å². The van der Waals surface area contributed by atoms with Crippen molar-refractivity contribution in [1.82, 2.24) is 20.6 Å². The Morgan fingerprint density at radius 2 is 2.00 bits per heavy atom. The average molecular weight is 309 g/mol. The highest BCUT2D eigenvalue weighted by Gasteiger charge is 2.19. The summed E-state index contributed by atoms with van der Waals surface area (Å²) in [6.45, 7) is 3.32. The van der Waals surface area contributed by atoms with Crippen molar-refractivity contribution in [2.45, 2.75) is 13.8 Å². The molecule has 0 atom stereocenters. The molecule has 0 aliphatic rings. The van der Waals surface area contributed by atoms with E-state index in [1.54, 1.807) is 38.1 Å². The number of carbonyl (C=O) groups excluding carboxylic acids is 1. The second-order valence-electron chi connectivity index (χ2n) is 4.75. The van der Waals surface area contributed by atoms with E-state index in [-0.39, 0.29) is 5.69 Å². The highest BCUT2D eigenvalue weighted by molar-refractivity contribution is 5.93. The molecule has 0 aliphatic heterocycles. The van der Waals surface area contributed by atoms with Gasteiger partial charge in [0.25, 0.3) is 0 Å². The summed E-state index contributed by atoms with van der Waals surface area (Å²) in [5.74, 6) is 0.235. The summed E-state index contributed by atoms with van der Waals surface area (Å²) in [5.41, 5.74) is 2.12. The smallest absolute Gasteiger partial charge is 0.349 e. The predicted octanol–water partition coefficient (Wildman–Crippen LogP) is 2.17. The standard InChI is InChI=1S/C15H11N5O3/c1-8-13(9(2)23-19-8)15(21)22-11-5-3-10(4-6-11)14-12(7-16)17-20-18-14/h3-6H,1-2H3,(H,17,18,20). The number of aromatic nitrogens is 4. The molecule has 0 amide bonds. The zero-order chi connectivity index (χ0) is 16.4. The van der Waals surface area contributed by atoms with Gasteiger partial charge in [0.15, 0.2) is 5.69 Å². The highest BCUT2D eigenvalue weighted by atomic mass is 16.5. The SMILES string of the molecule is Cc1noc(C)c1C(=O)Oc1ccc(-c2n[nH]nc2C#N)cc1. The number of hydrogen-bond acceptors (Lipinski definition) is 7. The molecule has 0 fully saturated rings. The molecule has 8 nitrogen and oxygen atoms in total. The van der Waals surface area contributed by atoms with Gasteiger partial charge < -0.3 is 9.26 Å². The number of ether oxygens (including phenoxy) is 1. The molecule has 2 aromatic heterocycles. The zero-order valence-corrected chi connectivity index (χ0v) is 12.3. The quantitative estimate of drug-likeness (QED) is 0.581. The molecule has 0 bridgehead atoms. The van der Waals surface area contributed by atoms with E-state index in [4.69, 9.17) is 14.5 Å². The van der Waals surface area contributed by atoms with Crippen LogP contribution in [0.5, 0.6) is 5.75 Å². The van der Waals surface area contributed by atoms with E-state index in [2.05, 4.69) is 20.6 Å². The van der Waals surface area contributed by atoms with E-state index in [0.29, 0.717) is 34.0 Å². The van der Waals surface area contributed by atoms with Gasteiger partial charge in [0.05, 0.1) is 5.69 Å². The Bertz CT molecular complexity index is 883. The van der Waals surface area contributed by atoms with Gasteiger partial charge in [-0.3, -0.25) is 0 Å². The van der Waals surface area contributed by atoms with Gasteiger partial charge in [-0.2, -0.15) is 15.6 Å². The molecule has 0 radical (unpaired) electrons. The first-order chi connectivity index (χ1) is 11.1. The molecule has 0 aliphatic carbocycles. The Balaban J connectivity index is 1.81. The summed E-state index contributed by atoms with van der Waals surface area (Å²) in [4.78, 5) is 12.1. The highest BCUT2D eigenvalue weighted by Crippen LogP contribution is 2.23. The van der Waals surface area contributed by atoms with E-state index in [0.717, 1.165) is 0 Å². The fourth-order valence-corrected chi connectivity index (χ4v) is 2.12. The number of nitriles is 1. The predicted molar refractivity (Wildman–Crippen MR) is 77.5 cm³/mol. The number of aromatic amines is 1. The van der Waals surface area contributed by atoms with Gasteiger partial charge in [-0.05, 0) is 38.1 Å². The van der Waals surface area contributed by atoms with Crippen molar-refractivity contribution < 1.29 is 14.1 Å². The molecule has 1 N–H and O–H groups in total. The third-order valence-corrected chi connectivity index (χ3v) is 3.23. The number of aryl methyl sites for hydroxylation is 2.